The summed E-state index contributed by atoms with van der Waals surface area (Å²) in [6, 6.07) is 4.60. The number of carbonyl (C=O) groups is 2. The van der Waals surface area contributed by atoms with Gasteiger partial charge in [-0.25, -0.2) is 4.79 Å². The molecule has 1 atom stereocenters. The van der Waals surface area contributed by atoms with Gasteiger partial charge < -0.3 is 10.4 Å². The molecule has 1 aliphatic carbocycles. The van der Waals surface area contributed by atoms with Crippen LogP contribution in [0.2, 0.25) is 0 Å². The average molecular weight is 354 g/mol. The maximum Gasteiger partial charge on any atom is 0.326 e. The van der Waals surface area contributed by atoms with E-state index in [2.05, 4.69) is 21.2 Å². The Morgan fingerprint density at radius 3 is 2.57 bits per heavy atom. The summed E-state index contributed by atoms with van der Waals surface area (Å²) in [7, 11) is 0. The first-order chi connectivity index (χ1) is 10.0. The molecule has 1 aliphatic rings. The number of nitrogens with one attached hydrogen (secondary N) is 1. The summed E-state index contributed by atoms with van der Waals surface area (Å²) in [5.74, 6) is -1.24. The molecule has 4 nitrogen and oxygen atoms in total. The fourth-order valence-electron chi connectivity index (χ4n) is 2.89. The lowest BCUT2D eigenvalue weighted by Gasteiger charge is -2.28. The number of hydrogen-bond acceptors (Lipinski definition) is 2. The van der Waals surface area contributed by atoms with E-state index in [9.17, 15) is 14.7 Å². The van der Waals surface area contributed by atoms with Crippen LogP contribution in [0.5, 0.6) is 0 Å². The average Bonchev–Trinajstić information content (AvgIpc) is 2.48. The Balaban J connectivity index is 2.14. The number of hydrogen-bond donors (Lipinski definition) is 2. The van der Waals surface area contributed by atoms with Crippen molar-refractivity contribution in [3.05, 3.63) is 33.8 Å². The van der Waals surface area contributed by atoms with E-state index in [0.29, 0.717) is 5.56 Å². The van der Waals surface area contributed by atoms with Gasteiger partial charge >= 0.3 is 5.97 Å². The molecule has 1 saturated carbocycles. The van der Waals surface area contributed by atoms with Crippen LogP contribution >= 0.6 is 15.9 Å². The summed E-state index contributed by atoms with van der Waals surface area (Å²) < 4.78 is 0.718. The van der Waals surface area contributed by atoms with E-state index in [0.717, 1.165) is 42.1 Å². The van der Waals surface area contributed by atoms with Crippen molar-refractivity contribution in [1.29, 1.82) is 0 Å². The molecule has 114 valence electrons. The lowest BCUT2D eigenvalue weighted by atomic mass is 9.84. The summed E-state index contributed by atoms with van der Waals surface area (Å²) in [4.78, 5) is 23.9. The lowest BCUT2D eigenvalue weighted by Crippen LogP contribution is -2.46. The monoisotopic (exact) mass is 353 g/mol. The maximum absolute atomic E-state index is 12.4. The highest BCUT2D eigenvalue weighted by molar-refractivity contribution is 9.10. The molecule has 1 aromatic rings. The van der Waals surface area contributed by atoms with Crippen LogP contribution in [0.1, 0.15) is 48.0 Å². The van der Waals surface area contributed by atoms with E-state index in [1.807, 2.05) is 13.0 Å². The lowest BCUT2D eigenvalue weighted by molar-refractivity contribution is -0.141. The second kappa shape index (κ2) is 7.07. The molecule has 1 aromatic carbocycles. The van der Waals surface area contributed by atoms with Gasteiger partial charge in [0.15, 0.2) is 0 Å². The van der Waals surface area contributed by atoms with Crippen molar-refractivity contribution in [3.63, 3.8) is 0 Å². The third kappa shape index (κ3) is 3.84. The zero-order chi connectivity index (χ0) is 15.4. The van der Waals surface area contributed by atoms with Crippen molar-refractivity contribution in [2.45, 2.75) is 45.1 Å². The number of rotatable bonds is 4. The normalized spacial score (nSPS) is 17.2. The van der Waals surface area contributed by atoms with Gasteiger partial charge in [0, 0.05) is 4.47 Å². The number of amides is 1. The zero-order valence-electron chi connectivity index (χ0n) is 12.1. The molecule has 0 aliphatic heterocycles. The molecule has 21 heavy (non-hydrogen) atoms. The highest BCUT2D eigenvalue weighted by Gasteiger charge is 2.31. The SMILES string of the molecule is Cc1cccc(C(=O)NC(C(=O)O)C2CCCCC2)c1Br. The highest BCUT2D eigenvalue weighted by atomic mass is 79.9. The van der Waals surface area contributed by atoms with Crippen molar-refractivity contribution in [2.75, 3.05) is 0 Å². The first-order valence-electron chi connectivity index (χ1n) is 7.29. The number of halogens is 1. The van der Waals surface area contributed by atoms with Gasteiger partial charge in [-0.05, 0) is 53.2 Å². The van der Waals surface area contributed by atoms with E-state index in [4.69, 9.17) is 0 Å². The third-order valence-corrected chi connectivity index (χ3v) is 5.16. The van der Waals surface area contributed by atoms with E-state index < -0.39 is 12.0 Å². The Bertz CT molecular complexity index is 538. The molecule has 1 unspecified atom stereocenters. The standard InChI is InChI=1S/C16H20BrNO3/c1-10-6-5-9-12(13(10)17)15(19)18-14(16(20)21)11-7-3-2-4-8-11/h5-6,9,11,14H,2-4,7-8H2,1H3,(H,18,19)(H,20,21). The molecule has 1 amide bonds. The zero-order valence-corrected chi connectivity index (χ0v) is 13.6. The van der Waals surface area contributed by atoms with Gasteiger partial charge in [0.2, 0.25) is 0 Å². The van der Waals surface area contributed by atoms with Crippen molar-refractivity contribution < 1.29 is 14.7 Å². The van der Waals surface area contributed by atoms with Crippen LogP contribution < -0.4 is 5.32 Å². The van der Waals surface area contributed by atoms with Crippen LogP contribution in [0.4, 0.5) is 0 Å². The topological polar surface area (TPSA) is 66.4 Å². The number of carbonyl (C=O) groups excluding carboxylic acids is 1. The number of benzene rings is 1. The van der Waals surface area contributed by atoms with E-state index >= 15 is 0 Å². The van der Waals surface area contributed by atoms with Crippen molar-refractivity contribution in [2.24, 2.45) is 5.92 Å². The Morgan fingerprint density at radius 2 is 1.95 bits per heavy atom. The minimum absolute atomic E-state index is 0.0313. The van der Waals surface area contributed by atoms with Gasteiger partial charge in [-0.2, -0.15) is 0 Å². The molecule has 0 spiro atoms. The molecule has 0 heterocycles. The van der Waals surface area contributed by atoms with Gasteiger partial charge in [-0.3, -0.25) is 4.79 Å². The fraction of sp³-hybridized carbons (Fsp3) is 0.500. The quantitative estimate of drug-likeness (QED) is 0.870. The summed E-state index contributed by atoms with van der Waals surface area (Å²) in [5.41, 5.74) is 1.43. The molecular formula is C16H20BrNO3. The first kappa shape index (κ1) is 16.0. The van der Waals surface area contributed by atoms with E-state index in [-0.39, 0.29) is 11.8 Å². The molecule has 2 N–H and O–H groups in total. The second-order valence-electron chi connectivity index (χ2n) is 5.62. The molecule has 5 heteroatoms. The van der Waals surface area contributed by atoms with Crippen LogP contribution in [-0.4, -0.2) is 23.0 Å². The smallest absolute Gasteiger partial charge is 0.326 e. The van der Waals surface area contributed by atoms with E-state index in [1.54, 1.807) is 12.1 Å². The predicted octanol–water partition coefficient (Wildman–Crippen LogP) is 3.52. The Labute approximate surface area is 133 Å². The Morgan fingerprint density at radius 1 is 1.29 bits per heavy atom. The van der Waals surface area contributed by atoms with Crippen LogP contribution in [0.15, 0.2) is 22.7 Å². The Kier molecular flexibility index (Phi) is 5.39. The molecular weight excluding hydrogens is 334 g/mol. The fourth-order valence-corrected chi connectivity index (χ4v) is 3.33. The summed E-state index contributed by atoms with van der Waals surface area (Å²) >= 11 is 3.40. The van der Waals surface area contributed by atoms with Crippen LogP contribution in [-0.2, 0) is 4.79 Å². The minimum atomic E-state index is -0.945. The largest absolute Gasteiger partial charge is 0.480 e. The number of carboxylic acid groups (broad SMARTS) is 1. The Hall–Kier alpha value is -1.36. The predicted molar refractivity (Wildman–Crippen MR) is 84.3 cm³/mol. The summed E-state index contributed by atoms with van der Waals surface area (Å²) in [6.45, 7) is 1.90. The highest BCUT2D eigenvalue weighted by Crippen LogP contribution is 2.27. The van der Waals surface area contributed by atoms with Crippen LogP contribution in [0.25, 0.3) is 0 Å². The molecule has 0 bridgehead atoms. The third-order valence-electron chi connectivity index (χ3n) is 4.11. The number of aliphatic carboxylic acids is 1. The van der Waals surface area contributed by atoms with Gasteiger partial charge in [0.1, 0.15) is 6.04 Å². The molecule has 0 aromatic heterocycles. The van der Waals surface area contributed by atoms with Crippen LogP contribution in [0, 0.1) is 12.8 Å². The van der Waals surface area contributed by atoms with Crippen molar-refractivity contribution in [3.8, 4) is 0 Å². The van der Waals surface area contributed by atoms with Gasteiger partial charge in [0.05, 0.1) is 5.56 Å². The first-order valence-corrected chi connectivity index (χ1v) is 8.09. The van der Waals surface area contributed by atoms with Crippen molar-refractivity contribution >= 4 is 27.8 Å². The summed E-state index contributed by atoms with van der Waals surface area (Å²) in [6.07, 6.45) is 4.97. The minimum Gasteiger partial charge on any atom is -0.480 e. The molecule has 0 radical (unpaired) electrons. The molecule has 1 fully saturated rings. The van der Waals surface area contributed by atoms with Gasteiger partial charge in [-0.15, -0.1) is 0 Å². The molecule has 2 rings (SSSR count). The molecule has 0 saturated heterocycles. The van der Waals surface area contributed by atoms with Crippen molar-refractivity contribution in [1.82, 2.24) is 5.32 Å². The van der Waals surface area contributed by atoms with Gasteiger partial charge in [0.25, 0.3) is 5.91 Å². The number of carboxylic acids is 1. The number of aryl methyl sites for hydroxylation is 1. The summed E-state index contributed by atoms with van der Waals surface area (Å²) in [5, 5.41) is 12.1. The van der Waals surface area contributed by atoms with Gasteiger partial charge in [-0.1, -0.05) is 31.4 Å². The second-order valence-corrected chi connectivity index (χ2v) is 6.42. The van der Waals surface area contributed by atoms with Crippen LogP contribution in [0.3, 0.4) is 0 Å². The van der Waals surface area contributed by atoms with E-state index in [1.165, 1.54) is 0 Å². The maximum atomic E-state index is 12.4.